The van der Waals surface area contributed by atoms with Crippen LogP contribution in [-0.2, 0) is 4.79 Å². The second-order valence-electron chi connectivity index (χ2n) is 8.46. The van der Waals surface area contributed by atoms with E-state index in [0.717, 1.165) is 11.1 Å². The van der Waals surface area contributed by atoms with E-state index in [9.17, 15) is 9.59 Å². The van der Waals surface area contributed by atoms with Crippen molar-refractivity contribution in [1.29, 1.82) is 0 Å². The van der Waals surface area contributed by atoms with E-state index in [0.29, 0.717) is 37.8 Å². The van der Waals surface area contributed by atoms with Crippen LogP contribution in [0.1, 0.15) is 24.1 Å². The minimum atomic E-state index is -0.678. The number of thiazole rings is 1. The first-order chi connectivity index (χ1) is 18.0. The van der Waals surface area contributed by atoms with Crippen LogP contribution in [0.25, 0.3) is 6.08 Å². The first-order valence-electron chi connectivity index (χ1n) is 11.7. The zero-order valence-corrected chi connectivity index (χ0v) is 21.4. The van der Waals surface area contributed by atoms with Gasteiger partial charge < -0.3 is 14.8 Å². The Morgan fingerprint density at radius 2 is 1.68 bits per heavy atom. The van der Waals surface area contributed by atoms with Gasteiger partial charge in [-0.1, -0.05) is 53.8 Å². The number of hydrogen-bond acceptors (Lipinski definition) is 6. The molecule has 1 aliphatic rings. The Bertz CT molecular complexity index is 1690. The number of ether oxygens (including phenoxy) is 2. The number of hydrogen-bond donors (Lipinski definition) is 1. The number of aromatic nitrogens is 1. The maximum Gasteiger partial charge on any atom is 0.271 e. The molecule has 1 aliphatic heterocycles. The highest BCUT2D eigenvalue weighted by Gasteiger charge is 2.32. The van der Waals surface area contributed by atoms with E-state index in [1.165, 1.54) is 11.3 Å². The fourth-order valence-corrected chi connectivity index (χ4v) is 5.39. The number of carbonyl (C=O) groups excluding carboxylic acids is 1. The normalized spacial score (nSPS) is 15.1. The van der Waals surface area contributed by atoms with E-state index in [-0.39, 0.29) is 11.5 Å². The molecule has 1 amide bonds. The summed E-state index contributed by atoms with van der Waals surface area (Å²) in [6, 6.07) is 23.4. The van der Waals surface area contributed by atoms with E-state index in [4.69, 9.17) is 9.47 Å². The van der Waals surface area contributed by atoms with Crippen LogP contribution in [0.4, 0.5) is 5.69 Å². The highest BCUT2D eigenvalue weighted by molar-refractivity contribution is 7.07. The molecule has 0 bridgehead atoms. The molecule has 1 atom stereocenters. The summed E-state index contributed by atoms with van der Waals surface area (Å²) < 4.78 is 12.9. The summed E-state index contributed by atoms with van der Waals surface area (Å²) in [5, 5.41) is 2.96. The SMILES string of the molecule is COc1cccc(C=c2sc3n(c2=O)[C@H](c2cccc(OC)c2)C(C(=O)Nc2ccccc2)=C(C)N=3)c1. The van der Waals surface area contributed by atoms with Gasteiger partial charge in [0.15, 0.2) is 4.80 Å². The van der Waals surface area contributed by atoms with Crippen LogP contribution in [0.3, 0.4) is 0 Å². The van der Waals surface area contributed by atoms with Gasteiger partial charge in [0.2, 0.25) is 0 Å². The molecule has 0 unspecified atom stereocenters. The number of nitrogens with one attached hydrogen (secondary N) is 1. The number of rotatable bonds is 6. The molecule has 8 heteroatoms. The first kappa shape index (κ1) is 24.3. The minimum absolute atomic E-state index is 0.225. The van der Waals surface area contributed by atoms with Crippen molar-refractivity contribution >= 4 is 29.0 Å². The monoisotopic (exact) mass is 511 g/mol. The van der Waals surface area contributed by atoms with Gasteiger partial charge in [0.05, 0.1) is 36.1 Å². The molecule has 1 N–H and O–H groups in total. The van der Waals surface area contributed by atoms with Crippen molar-refractivity contribution in [2.45, 2.75) is 13.0 Å². The third kappa shape index (κ3) is 4.83. The number of methoxy groups -OCH3 is 2. The van der Waals surface area contributed by atoms with Crippen molar-refractivity contribution < 1.29 is 14.3 Å². The van der Waals surface area contributed by atoms with Gasteiger partial charge in [-0.3, -0.25) is 14.2 Å². The summed E-state index contributed by atoms with van der Waals surface area (Å²) >= 11 is 1.29. The third-order valence-electron chi connectivity index (χ3n) is 6.10. The molecule has 1 aromatic heterocycles. The summed E-state index contributed by atoms with van der Waals surface area (Å²) in [6.07, 6.45) is 1.82. The molecule has 7 nitrogen and oxygen atoms in total. The molecule has 0 spiro atoms. The molecular weight excluding hydrogens is 486 g/mol. The van der Waals surface area contributed by atoms with Gasteiger partial charge in [-0.15, -0.1) is 0 Å². The number of nitrogens with zero attached hydrogens (tertiary/aromatic N) is 2. The Kier molecular flexibility index (Phi) is 6.74. The van der Waals surface area contributed by atoms with Crippen LogP contribution in [-0.4, -0.2) is 24.7 Å². The zero-order valence-electron chi connectivity index (χ0n) is 20.6. The number of amides is 1. The van der Waals surface area contributed by atoms with Crippen molar-refractivity contribution in [1.82, 2.24) is 4.57 Å². The molecule has 0 saturated heterocycles. The number of carbonyl (C=O) groups is 1. The lowest BCUT2D eigenvalue weighted by molar-refractivity contribution is -0.113. The molecule has 3 aromatic carbocycles. The fraction of sp³-hybridized carbons (Fsp3) is 0.138. The van der Waals surface area contributed by atoms with Gasteiger partial charge in [0, 0.05) is 5.69 Å². The molecule has 2 heterocycles. The van der Waals surface area contributed by atoms with Crippen molar-refractivity contribution in [3.8, 4) is 11.5 Å². The van der Waals surface area contributed by atoms with Gasteiger partial charge in [0.25, 0.3) is 11.5 Å². The summed E-state index contributed by atoms with van der Waals surface area (Å²) in [6.45, 7) is 1.80. The van der Waals surface area contributed by atoms with Gasteiger partial charge in [-0.25, -0.2) is 4.99 Å². The number of para-hydroxylation sites is 1. The second kappa shape index (κ2) is 10.3. The standard InChI is InChI=1S/C29H25N3O4S/c1-18-25(27(33)31-21-11-5-4-6-12-21)26(20-10-8-14-23(17-20)36-3)32-28(34)24(37-29(32)30-18)16-19-9-7-13-22(15-19)35-2/h4-17,26H,1-3H3,(H,31,33)/t26-/m1/s1. The largest absolute Gasteiger partial charge is 0.497 e. The van der Waals surface area contributed by atoms with Crippen molar-refractivity contribution in [2.75, 3.05) is 19.5 Å². The number of benzene rings is 3. The van der Waals surface area contributed by atoms with Crippen LogP contribution in [0.15, 0.2) is 99.9 Å². The lowest BCUT2D eigenvalue weighted by atomic mass is 9.95. The summed E-state index contributed by atoms with van der Waals surface area (Å²) in [7, 11) is 3.19. The van der Waals surface area contributed by atoms with Crippen molar-refractivity contribution in [3.63, 3.8) is 0 Å². The van der Waals surface area contributed by atoms with E-state index in [2.05, 4.69) is 10.3 Å². The number of allylic oxidation sites excluding steroid dienone is 1. The molecule has 5 rings (SSSR count). The molecule has 0 aliphatic carbocycles. The first-order valence-corrected chi connectivity index (χ1v) is 12.5. The van der Waals surface area contributed by atoms with Crippen LogP contribution in [0, 0.1) is 0 Å². The summed E-state index contributed by atoms with van der Waals surface area (Å²) in [5.74, 6) is 1.02. The average Bonchev–Trinajstić information content (AvgIpc) is 3.22. The molecule has 0 fully saturated rings. The molecule has 4 aromatic rings. The number of fused-ring (bicyclic) bond motifs is 1. The Morgan fingerprint density at radius 3 is 2.41 bits per heavy atom. The smallest absolute Gasteiger partial charge is 0.271 e. The Balaban J connectivity index is 1.68. The Hall–Kier alpha value is -4.43. The Morgan fingerprint density at radius 1 is 0.973 bits per heavy atom. The van der Waals surface area contributed by atoms with E-state index in [1.807, 2.05) is 84.9 Å². The van der Waals surface area contributed by atoms with Crippen molar-refractivity contribution in [3.05, 3.63) is 121 Å². The van der Waals surface area contributed by atoms with Crippen LogP contribution in [0.2, 0.25) is 0 Å². The van der Waals surface area contributed by atoms with E-state index >= 15 is 0 Å². The highest BCUT2D eigenvalue weighted by atomic mass is 32.1. The molecule has 37 heavy (non-hydrogen) atoms. The van der Waals surface area contributed by atoms with Gasteiger partial charge >= 0.3 is 0 Å². The lowest BCUT2D eigenvalue weighted by Gasteiger charge is -2.25. The van der Waals surface area contributed by atoms with E-state index < -0.39 is 6.04 Å². The summed E-state index contributed by atoms with van der Waals surface area (Å²) in [5.41, 5.74) is 2.97. The lowest BCUT2D eigenvalue weighted by Crippen LogP contribution is -2.40. The van der Waals surface area contributed by atoms with Gasteiger partial charge in [-0.2, -0.15) is 0 Å². The van der Waals surface area contributed by atoms with Gasteiger partial charge in [0.1, 0.15) is 11.5 Å². The molecule has 0 radical (unpaired) electrons. The average molecular weight is 512 g/mol. The molecule has 0 saturated carbocycles. The topological polar surface area (TPSA) is 81.9 Å². The molecule has 186 valence electrons. The summed E-state index contributed by atoms with van der Waals surface area (Å²) in [4.78, 5) is 32.6. The zero-order chi connectivity index (χ0) is 25.9. The van der Waals surface area contributed by atoms with Crippen LogP contribution in [0.5, 0.6) is 11.5 Å². The molecular formula is C29H25N3O4S. The minimum Gasteiger partial charge on any atom is -0.497 e. The fourth-order valence-electron chi connectivity index (χ4n) is 4.34. The van der Waals surface area contributed by atoms with Crippen molar-refractivity contribution in [2.24, 2.45) is 4.99 Å². The maximum atomic E-state index is 13.8. The number of anilines is 1. The maximum absolute atomic E-state index is 13.8. The van der Waals surface area contributed by atoms with Gasteiger partial charge in [-0.05, 0) is 60.5 Å². The second-order valence-corrected chi connectivity index (χ2v) is 9.46. The van der Waals surface area contributed by atoms with Crippen LogP contribution < -0.4 is 29.7 Å². The predicted molar refractivity (Wildman–Crippen MR) is 145 cm³/mol. The van der Waals surface area contributed by atoms with E-state index in [1.54, 1.807) is 25.7 Å². The predicted octanol–water partition coefficient (Wildman–Crippen LogP) is 3.89. The Labute approximate surface area is 217 Å². The third-order valence-corrected chi connectivity index (χ3v) is 7.08. The van der Waals surface area contributed by atoms with Crippen LogP contribution >= 0.6 is 11.3 Å². The highest BCUT2D eigenvalue weighted by Crippen LogP contribution is 2.32. The quantitative estimate of drug-likeness (QED) is 0.426.